The van der Waals surface area contributed by atoms with Gasteiger partial charge in [-0.15, -0.1) is 0 Å². The van der Waals surface area contributed by atoms with E-state index in [1.165, 1.54) is 12.8 Å². The maximum Gasteiger partial charge on any atom is 0.162 e. The Morgan fingerprint density at radius 1 is 1.23 bits per heavy atom. The quantitative estimate of drug-likeness (QED) is 0.813. The molecule has 0 aromatic carbocycles. The molecule has 1 saturated carbocycles. The van der Waals surface area contributed by atoms with Gasteiger partial charge in [-0.25, -0.2) is 4.98 Å². The molecule has 4 rings (SSSR count). The van der Waals surface area contributed by atoms with E-state index in [2.05, 4.69) is 27.1 Å². The lowest BCUT2D eigenvalue weighted by Gasteiger charge is -2.27. The summed E-state index contributed by atoms with van der Waals surface area (Å²) in [6, 6.07) is 4.22. The fourth-order valence-electron chi connectivity index (χ4n) is 3.46. The number of pyridine rings is 1. The van der Waals surface area contributed by atoms with Gasteiger partial charge in [-0.05, 0) is 43.2 Å². The van der Waals surface area contributed by atoms with Crippen molar-refractivity contribution in [3.05, 3.63) is 41.9 Å². The minimum Gasteiger partial charge on any atom is -0.356 e. The molecule has 5 heteroatoms. The Balaban J connectivity index is 1.43. The van der Waals surface area contributed by atoms with E-state index >= 15 is 0 Å². The lowest BCUT2D eigenvalue weighted by atomic mass is 9.77. The summed E-state index contributed by atoms with van der Waals surface area (Å²) in [6.07, 6.45) is 8.09. The number of anilines is 1. The zero-order valence-electron chi connectivity index (χ0n) is 12.8. The molecular formula is C17H20N4O. The lowest BCUT2D eigenvalue weighted by molar-refractivity contribution is 0.101. The van der Waals surface area contributed by atoms with Gasteiger partial charge in [0.1, 0.15) is 5.82 Å². The zero-order valence-corrected chi connectivity index (χ0v) is 12.8. The van der Waals surface area contributed by atoms with Gasteiger partial charge in [0.25, 0.3) is 0 Å². The molecule has 2 fully saturated rings. The van der Waals surface area contributed by atoms with Gasteiger partial charge in [0.2, 0.25) is 0 Å². The van der Waals surface area contributed by atoms with Gasteiger partial charge in [-0.3, -0.25) is 9.48 Å². The second-order valence-electron chi connectivity index (χ2n) is 6.51. The van der Waals surface area contributed by atoms with E-state index in [1.54, 1.807) is 24.0 Å². The number of Topliss-reactive ketones (excluding diaryl/α,β-unsaturated/α-hetero) is 1. The van der Waals surface area contributed by atoms with Crippen molar-refractivity contribution < 1.29 is 4.79 Å². The summed E-state index contributed by atoms with van der Waals surface area (Å²) in [5.74, 6) is 2.93. The summed E-state index contributed by atoms with van der Waals surface area (Å²) in [7, 11) is 0. The van der Waals surface area contributed by atoms with Gasteiger partial charge in [0, 0.05) is 25.5 Å². The molecule has 0 radical (unpaired) electrons. The largest absolute Gasteiger partial charge is 0.356 e. The molecule has 2 aromatic heterocycles. The van der Waals surface area contributed by atoms with Crippen LogP contribution in [-0.2, 0) is 6.54 Å². The van der Waals surface area contributed by atoms with Crippen molar-refractivity contribution >= 4 is 11.6 Å². The van der Waals surface area contributed by atoms with Crippen LogP contribution in [0.2, 0.25) is 0 Å². The number of hydrogen-bond acceptors (Lipinski definition) is 4. The van der Waals surface area contributed by atoms with Gasteiger partial charge >= 0.3 is 0 Å². The van der Waals surface area contributed by atoms with Gasteiger partial charge in [-0.1, -0.05) is 6.07 Å². The third-order valence-electron chi connectivity index (χ3n) is 5.00. The minimum atomic E-state index is 0.0448. The second-order valence-corrected chi connectivity index (χ2v) is 6.51. The summed E-state index contributed by atoms with van der Waals surface area (Å²) in [4.78, 5) is 18.3. The van der Waals surface area contributed by atoms with Gasteiger partial charge < -0.3 is 4.90 Å². The Labute approximate surface area is 130 Å². The molecule has 2 unspecified atom stereocenters. The van der Waals surface area contributed by atoms with E-state index in [0.717, 1.165) is 36.3 Å². The van der Waals surface area contributed by atoms with Crippen LogP contribution in [0.15, 0.2) is 30.7 Å². The molecule has 0 amide bonds. The number of carbonyl (C=O) groups excluding carboxylic acids is 1. The Hall–Kier alpha value is -2.17. The van der Waals surface area contributed by atoms with Crippen molar-refractivity contribution in [2.75, 3.05) is 18.0 Å². The first-order valence-electron chi connectivity index (χ1n) is 7.92. The number of carbonyl (C=O) groups is 1. The van der Waals surface area contributed by atoms with E-state index in [-0.39, 0.29) is 5.78 Å². The second kappa shape index (κ2) is 5.23. The molecule has 1 aliphatic carbocycles. The molecule has 3 heterocycles. The van der Waals surface area contributed by atoms with Crippen molar-refractivity contribution in [1.82, 2.24) is 14.8 Å². The number of nitrogens with zero attached hydrogens (tertiary/aromatic N) is 4. The van der Waals surface area contributed by atoms with Crippen LogP contribution in [-0.4, -0.2) is 33.6 Å². The topological polar surface area (TPSA) is 51.0 Å². The summed E-state index contributed by atoms with van der Waals surface area (Å²) in [5.41, 5.74) is 1.75. The summed E-state index contributed by atoms with van der Waals surface area (Å²) < 4.78 is 1.78. The molecule has 2 aliphatic rings. The van der Waals surface area contributed by atoms with E-state index < -0.39 is 0 Å². The number of hydrogen-bond donors (Lipinski definition) is 0. The third kappa shape index (κ3) is 2.40. The SMILES string of the molecule is CC(=O)c1cnn(Cc2ccc(N3CC4CCC4C3)nc2)c1. The van der Waals surface area contributed by atoms with E-state index in [4.69, 9.17) is 0 Å². The molecule has 2 aromatic rings. The highest BCUT2D eigenvalue weighted by Gasteiger charge is 2.39. The molecule has 1 aliphatic heterocycles. The van der Waals surface area contributed by atoms with Crippen LogP contribution in [0.4, 0.5) is 5.82 Å². The monoisotopic (exact) mass is 296 g/mol. The molecule has 5 nitrogen and oxygen atoms in total. The van der Waals surface area contributed by atoms with Gasteiger partial charge in [-0.2, -0.15) is 5.10 Å². The van der Waals surface area contributed by atoms with E-state index in [0.29, 0.717) is 12.1 Å². The average Bonchev–Trinajstić information content (AvgIpc) is 3.06. The highest BCUT2D eigenvalue weighted by atomic mass is 16.1. The third-order valence-corrected chi connectivity index (χ3v) is 5.00. The van der Waals surface area contributed by atoms with Crippen molar-refractivity contribution in [1.29, 1.82) is 0 Å². The van der Waals surface area contributed by atoms with Crippen molar-refractivity contribution in [2.45, 2.75) is 26.3 Å². The van der Waals surface area contributed by atoms with Crippen LogP contribution in [0.3, 0.4) is 0 Å². The normalized spacial score (nSPS) is 23.2. The maximum atomic E-state index is 11.3. The van der Waals surface area contributed by atoms with Crippen LogP contribution >= 0.6 is 0 Å². The minimum absolute atomic E-state index is 0.0448. The molecule has 114 valence electrons. The van der Waals surface area contributed by atoms with E-state index in [9.17, 15) is 4.79 Å². The Morgan fingerprint density at radius 2 is 2.00 bits per heavy atom. The van der Waals surface area contributed by atoms with Crippen molar-refractivity contribution in [3.63, 3.8) is 0 Å². The highest BCUT2D eigenvalue weighted by Crippen LogP contribution is 2.41. The van der Waals surface area contributed by atoms with Crippen LogP contribution in [0, 0.1) is 11.8 Å². The fourth-order valence-corrected chi connectivity index (χ4v) is 3.46. The summed E-state index contributed by atoms with van der Waals surface area (Å²) in [5, 5.41) is 4.22. The first-order chi connectivity index (χ1) is 10.7. The number of rotatable bonds is 4. The van der Waals surface area contributed by atoms with Gasteiger partial charge in [0.15, 0.2) is 5.78 Å². The first kappa shape index (κ1) is 13.5. The molecule has 1 saturated heterocycles. The van der Waals surface area contributed by atoms with Crippen molar-refractivity contribution in [2.24, 2.45) is 11.8 Å². The van der Waals surface area contributed by atoms with Crippen LogP contribution in [0.5, 0.6) is 0 Å². The van der Waals surface area contributed by atoms with Crippen molar-refractivity contribution in [3.8, 4) is 0 Å². The zero-order chi connectivity index (χ0) is 15.1. The predicted molar refractivity (Wildman–Crippen MR) is 84.0 cm³/mol. The first-order valence-corrected chi connectivity index (χ1v) is 7.92. The molecule has 0 spiro atoms. The van der Waals surface area contributed by atoms with Gasteiger partial charge in [0.05, 0.1) is 18.3 Å². The molecule has 22 heavy (non-hydrogen) atoms. The lowest BCUT2D eigenvalue weighted by Crippen LogP contribution is -2.22. The van der Waals surface area contributed by atoms with Crippen LogP contribution in [0.1, 0.15) is 35.7 Å². The number of fused-ring (bicyclic) bond motifs is 1. The number of aromatic nitrogens is 3. The predicted octanol–water partition coefficient (Wildman–Crippen LogP) is 2.38. The highest BCUT2D eigenvalue weighted by molar-refractivity contribution is 5.93. The summed E-state index contributed by atoms with van der Waals surface area (Å²) >= 11 is 0. The molecule has 2 atom stereocenters. The standard InChI is InChI=1S/C17H20N4O/c1-12(22)16-7-19-21(11-16)8-13-2-5-17(18-6-13)20-9-14-3-4-15(14)10-20/h2,5-7,11,14-15H,3-4,8-10H2,1H3. The molecular weight excluding hydrogens is 276 g/mol. The fraction of sp³-hybridized carbons (Fsp3) is 0.471. The smallest absolute Gasteiger partial charge is 0.162 e. The molecule has 0 N–H and O–H groups in total. The summed E-state index contributed by atoms with van der Waals surface area (Å²) in [6.45, 7) is 4.53. The average molecular weight is 296 g/mol. The van der Waals surface area contributed by atoms with E-state index in [1.807, 2.05) is 6.20 Å². The maximum absolute atomic E-state index is 11.3. The van der Waals surface area contributed by atoms with Crippen LogP contribution in [0.25, 0.3) is 0 Å². The Bertz CT molecular complexity index is 679. The molecule has 0 bridgehead atoms. The Kier molecular flexibility index (Phi) is 3.21. The van der Waals surface area contributed by atoms with Crippen LogP contribution < -0.4 is 4.90 Å². The number of ketones is 1. The Morgan fingerprint density at radius 3 is 2.55 bits per heavy atom.